The van der Waals surface area contributed by atoms with Crippen LogP contribution in [0.3, 0.4) is 0 Å². The number of carbonyl (C=O) groups excluding carboxylic acids is 1. The fraction of sp³-hybridized carbons (Fsp3) is 0.143. The van der Waals surface area contributed by atoms with Gasteiger partial charge in [-0.25, -0.2) is 4.39 Å². The lowest BCUT2D eigenvalue weighted by Crippen LogP contribution is -2.27. The number of nitrogens with one attached hydrogen (secondary N) is 1. The van der Waals surface area contributed by atoms with Gasteiger partial charge in [0, 0.05) is 29.2 Å². The number of carbonyl (C=O) groups is 1. The largest absolute Gasteiger partial charge is 0.398 e. The highest BCUT2D eigenvalue weighted by molar-refractivity contribution is 5.91. The summed E-state index contributed by atoms with van der Waals surface area (Å²) in [6.07, 6.45) is 1.39. The number of nitrogens with two attached hydrogens (primary N) is 1. The third-order valence-electron chi connectivity index (χ3n) is 2.86. The van der Waals surface area contributed by atoms with Crippen molar-refractivity contribution in [2.75, 3.05) is 11.1 Å². The number of rotatable bonds is 3. The van der Waals surface area contributed by atoms with E-state index in [0.29, 0.717) is 16.9 Å². The van der Waals surface area contributed by atoms with E-state index in [-0.39, 0.29) is 12.1 Å². The van der Waals surface area contributed by atoms with Crippen LogP contribution in [-0.2, 0) is 11.3 Å². The number of anilines is 2. The standard InChI is InChI=1S/C14H14FN3O2/c1-9-11(15)3-2-4-12(9)17-13(19)8-18-7-10(16)5-6-14(18)20/h2-7H,8,16H2,1H3,(H,17,19). The highest BCUT2D eigenvalue weighted by Gasteiger charge is 2.09. The van der Waals surface area contributed by atoms with Crippen molar-refractivity contribution in [1.29, 1.82) is 0 Å². The van der Waals surface area contributed by atoms with Crippen molar-refractivity contribution < 1.29 is 9.18 Å². The van der Waals surface area contributed by atoms with E-state index in [9.17, 15) is 14.0 Å². The summed E-state index contributed by atoms with van der Waals surface area (Å²) in [4.78, 5) is 23.4. The van der Waals surface area contributed by atoms with Gasteiger partial charge in [0.05, 0.1) is 0 Å². The number of pyridine rings is 1. The maximum atomic E-state index is 13.4. The smallest absolute Gasteiger partial charge is 0.251 e. The minimum absolute atomic E-state index is 0.181. The van der Waals surface area contributed by atoms with Crippen molar-refractivity contribution in [2.45, 2.75) is 13.5 Å². The Morgan fingerprint density at radius 1 is 1.35 bits per heavy atom. The first kappa shape index (κ1) is 13.8. The molecule has 0 aliphatic carbocycles. The predicted octanol–water partition coefficient (Wildman–Crippen LogP) is 1.52. The Kier molecular flexibility index (Phi) is 3.84. The van der Waals surface area contributed by atoms with E-state index in [1.54, 1.807) is 13.0 Å². The summed E-state index contributed by atoms with van der Waals surface area (Å²) >= 11 is 0. The normalized spacial score (nSPS) is 10.3. The molecule has 0 saturated carbocycles. The van der Waals surface area contributed by atoms with Crippen LogP contribution in [0.15, 0.2) is 41.3 Å². The lowest BCUT2D eigenvalue weighted by atomic mass is 10.2. The Morgan fingerprint density at radius 2 is 2.10 bits per heavy atom. The Balaban J connectivity index is 2.15. The molecule has 104 valence electrons. The Bertz CT molecular complexity index is 710. The van der Waals surface area contributed by atoms with E-state index < -0.39 is 11.7 Å². The van der Waals surface area contributed by atoms with E-state index in [1.165, 1.54) is 35.0 Å². The molecule has 1 amide bonds. The summed E-state index contributed by atoms with van der Waals surface area (Å²) < 4.78 is 14.5. The molecule has 5 nitrogen and oxygen atoms in total. The molecule has 0 aliphatic heterocycles. The van der Waals surface area contributed by atoms with E-state index in [2.05, 4.69) is 5.32 Å². The van der Waals surface area contributed by atoms with Gasteiger partial charge >= 0.3 is 0 Å². The van der Waals surface area contributed by atoms with Gasteiger partial charge in [-0.05, 0) is 25.1 Å². The zero-order valence-electron chi connectivity index (χ0n) is 10.9. The summed E-state index contributed by atoms with van der Waals surface area (Å²) in [6.45, 7) is 1.39. The van der Waals surface area contributed by atoms with Crippen LogP contribution < -0.4 is 16.6 Å². The molecule has 1 aromatic heterocycles. The van der Waals surface area contributed by atoms with Gasteiger partial charge in [0.1, 0.15) is 12.4 Å². The van der Waals surface area contributed by atoms with Crippen LogP contribution in [0.5, 0.6) is 0 Å². The van der Waals surface area contributed by atoms with Crippen molar-refractivity contribution in [3.05, 3.63) is 58.3 Å². The van der Waals surface area contributed by atoms with Gasteiger partial charge < -0.3 is 15.6 Å². The summed E-state index contributed by atoms with van der Waals surface area (Å²) in [6, 6.07) is 7.17. The number of hydrogen-bond donors (Lipinski definition) is 2. The SMILES string of the molecule is Cc1c(F)cccc1NC(=O)Cn1cc(N)ccc1=O. The van der Waals surface area contributed by atoms with Crippen LogP contribution in [-0.4, -0.2) is 10.5 Å². The Labute approximate surface area is 114 Å². The molecule has 6 heteroatoms. The number of halogens is 1. The first-order valence-electron chi connectivity index (χ1n) is 5.98. The number of aromatic nitrogens is 1. The van der Waals surface area contributed by atoms with E-state index >= 15 is 0 Å². The maximum absolute atomic E-state index is 13.4. The number of benzene rings is 1. The van der Waals surface area contributed by atoms with Gasteiger partial charge in [0.25, 0.3) is 5.56 Å². The highest BCUT2D eigenvalue weighted by Crippen LogP contribution is 2.17. The minimum Gasteiger partial charge on any atom is -0.398 e. The van der Waals surface area contributed by atoms with Crippen LogP contribution in [0.4, 0.5) is 15.8 Å². The van der Waals surface area contributed by atoms with Gasteiger partial charge in [-0.3, -0.25) is 9.59 Å². The van der Waals surface area contributed by atoms with Gasteiger partial charge in [0.2, 0.25) is 5.91 Å². The van der Waals surface area contributed by atoms with Gasteiger partial charge in [-0.1, -0.05) is 6.07 Å². The summed E-state index contributed by atoms with van der Waals surface area (Å²) in [5, 5.41) is 2.57. The Hall–Kier alpha value is -2.63. The molecule has 1 heterocycles. The number of nitrogens with zero attached hydrogens (tertiary/aromatic N) is 1. The molecular formula is C14H14FN3O2. The lowest BCUT2D eigenvalue weighted by molar-refractivity contribution is -0.116. The van der Waals surface area contributed by atoms with Gasteiger partial charge in [-0.15, -0.1) is 0 Å². The molecule has 0 aliphatic rings. The molecule has 0 bridgehead atoms. The number of hydrogen-bond acceptors (Lipinski definition) is 3. The second-order valence-corrected chi connectivity index (χ2v) is 4.39. The van der Waals surface area contributed by atoms with Crippen molar-refractivity contribution in [3.63, 3.8) is 0 Å². The van der Waals surface area contributed by atoms with Crippen LogP contribution in [0.2, 0.25) is 0 Å². The zero-order valence-corrected chi connectivity index (χ0v) is 10.9. The predicted molar refractivity (Wildman–Crippen MR) is 74.9 cm³/mol. The molecule has 0 atom stereocenters. The van der Waals surface area contributed by atoms with Crippen molar-refractivity contribution in [3.8, 4) is 0 Å². The van der Waals surface area contributed by atoms with E-state index in [0.717, 1.165) is 0 Å². The lowest BCUT2D eigenvalue weighted by Gasteiger charge is -2.10. The minimum atomic E-state index is -0.425. The van der Waals surface area contributed by atoms with Crippen LogP contribution in [0, 0.1) is 12.7 Å². The number of amides is 1. The summed E-state index contributed by atoms with van der Waals surface area (Å²) in [5.74, 6) is -0.824. The molecule has 3 N–H and O–H groups in total. The molecule has 1 aromatic carbocycles. The first-order valence-corrected chi connectivity index (χ1v) is 5.98. The topological polar surface area (TPSA) is 77.1 Å². The van der Waals surface area contributed by atoms with E-state index in [4.69, 9.17) is 5.73 Å². The third-order valence-corrected chi connectivity index (χ3v) is 2.86. The molecule has 0 unspecified atom stereocenters. The second-order valence-electron chi connectivity index (χ2n) is 4.39. The summed E-state index contributed by atoms with van der Waals surface area (Å²) in [5.41, 5.74) is 6.35. The monoisotopic (exact) mass is 275 g/mol. The maximum Gasteiger partial charge on any atom is 0.251 e. The zero-order chi connectivity index (χ0) is 14.7. The summed E-state index contributed by atoms with van der Waals surface area (Å²) in [7, 11) is 0. The molecular weight excluding hydrogens is 261 g/mol. The first-order chi connectivity index (χ1) is 9.47. The number of nitrogen functional groups attached to an aromatic ring is 1. The van der Waals surface area contributed by atoms with Crippen molar-refractivity contribution in [2.24, 2.45) is 0 Å². The van der Waals surface area contributed by atoms with Crippen LogP contribution in [0.1, 0.15) is 5.56 Å². The fourth-order valence-corrected chi connectivity index (χ4v) is 1.76. The molecule has 20 heavy (non-hydrogen) atoms. The van der Waals surface area contributed by atoms with Gasteiger partial charge in [0.15, 0.2) is 0 Å². The van der Waals surface area contributed by atoms with E-state index in [1.807, 2.05) is 0 Å². The average molecular weight is 275 g/mol. The van der Waals surface area contributed by atoms with Crippen LogP contribution >= 0.6 is 0 Å². The second kappa shape index (κ2) is 5.56. The molecule has 0 fully saturated rings. The van der Waals surface area contributed by atoms with Crippen LogP contribution in [0.25, 0.3) is 0 Å². The molecule has 0 saturated heterocycles. The third kappa shape index (κ3) is 3.03. The van der Waals surface area contributed by atoms with Crippen molar-refractivity contribution in [1.82, 2.24) is 4.57 Å². The molecule has 0 spiro atoms. The van der Waals surface area contributed by atoms with Crippen molar-refractivity contribution >= 4 is 17.3 Å². The molecule has 2 rings (SSSR count). The van der Waals surface area contributed by atoms with Gasteiger partial charge in [-0.2, -0.15) is 0 Å². The highest BCUT2D eigenvalue weighted by atomic mass is 19.1. The Morgan fingerprint density at radius 3 is 2.85 bits per heavy atom. The quantitative estimate of drug-likeness (QED) is 0.891. The molecule has 2 aromatic rings. The fourth-order valence-electron chi connectivity index (χ4n) is 1.76. The molecule has 0 radical (unpaired) electrons. The average Bonchev–Trinajstić information content (AvgIpc) is 2.39.